The molecule has 0 saturated carbocycles. The van der Waals surface area contributed by atoms with E-state index >= 15 is 0 Å². The number of nitrogens with one attached hydrogen (secondary N) is 1. The average Bonchev–Trinajstić information content (AvgIpc) is 2.67. The molecule has 0 amide bonds. The van der Waals surface area contributed by atoms with Crippen molar-refractivity contribution >= 4 is 10.0 Å². The lowest BCUT2D eigenvalue weighted by Gasteiger charge is -2.10. The lowest BCUT2D eigenvalue weighted by atomic mass is 10.2. The molecule has 15 heavy (non-hydrogen) atoms. The van der Waals surface area contributed by atoms with E-state index in [1.54, 1.807) is 0 Å². The molecule has 1 aliphatic heterocycles. The van der Waals surface area contributed by atoms with E-state index in [4.69, 9.17) is 9.84 Å². The minimum absolute atomic E-state index is 0.00494. The van der Waals surface area contributed by atoms with E-state index in [-0.39, 0.29) is 24.9 Å². The molecule has 0 radical (unpaired) electrons. The van der Waals surface area contributed by atoms with Gasteiger partial charge in [-0.15, -0.1) is 0 Å². The fraction of sp³-hybridized carbons (Fsp3) is 1.00. The molecule has 0 aromatic carbocycles. The summed E-state index contributed by atoms with van der Waals surface area (Å²) in [6.07, 6.45) is 3.33. The first-order valence-corrected chi connectivity index (χ1v) is 6.99. The van der Waals surface area contributed by atoms with E-state index in [0.717, 1.165) is 25.9 Å². The van der Waals surface area contributed by atoms with E-state index in [1.807, 2.05) is 0 Å². The number of rotatable bonds is 7. The molecule has 1 atom stereocenters. The van der Waals surface area contributed by atoms with Crippen LogP contribution in [-0.2, 0) is 14.8 Å². The molecule has 0 aromatic rings. The summed E-state index contributed by atoms with van der Waals surface area (Å²) in [5.41, 5.74) is 0. The van der Waals surface area contributed by atoms with Crippen LogP contribution in [-0.4, -0.2) is 45.1 Å². The molecule has 1 aliphatic rings. The maximum atomic E-state index is 11.3. The molecule has 1 heterocycles. The molecule has 1 saturated heterocycles. The number of hydrogen-bond acceptors (Lipinski definition) is 4. The fourth-order valence-corrected chi connectivity index (χ4v) is 2.66. The van der Waals surface area contributed by atoms with Crippen molar-refractivity contribution in [3.63, 3.8) is 0 Å². The van der Waals surface area contributed by atoms with Crippen LogP contribution in [0.25, 0.3) is 0 Å². The summed E-state index contributed by atoms with van der Waals surface area (Å²) in [5, 5.41) is 8.52. The first-order valence-electron chi connectivity index (χ1n) is 5.34. The van der Waals surface area contributed by atoms with Gasteiger partial charge in [-0.05, 0) is 25.7 Å². The molecule has 90 valence electrons. The Kier molecular flexibility index (Phi) is 5.52. The van der Waals surface area contributed by atoms with Crippen LogP contribution in [0.4, 0.5) is 0 Å². The van der Waals surface area contributed by atoms with Gasteiger partial charge in [0.15, 0.2) is 0 Å². The van der Waals surface area contributed by atoms with Crippen molar-refractivity contribution in [3.8, 4) is 0 Å². The van der Waals surface area contributed by atoms with Gasteiger partial charge < -0.3 is 9.84 Å². The van der Waals surface area contributed by atoms with Crippen LogP contribution in [0.5, 0.6) is 0 Å². The molecule has 2 N–H and O–H groups in total. The summed E-state index contributed by atoms with van der Waals surface area (Å²) < 4.78 is 30.5. The van der Waals surface area contributed by atoms with Gasteiger partial charge in [0, 0.05) is 19.8 Å². The molecule has 5 nitrogen and oxygen atoms in total. The summed E-state index contributed by atoms with van der Waals surface area (Å²) in [5.74, 6) is -0.00494. The van der Waals surface area contributed by atoms with Crippen molar-refractivity contribution in [1.29, 1.82) is 0 Å². The van der Waals surface area contributed by atoms with Crippen molar-refractivity contribution in [2.24, 2.45) is 0 Å². The number of ether oxygens (including phenoxy) is 1. The molecule has 0 spiro atoms. The highest BCUT2D eigenvalue weighted by atomic mass is 32.2. The van der Waals surface area contributed by atoms with Crippen molar-refractivity contribution in [2.45, 2.75) is 31.8 Å². The molecule has 0 aliphatic carbocycles. The lowest BCUT2D eigenvalue weighted by Crippen LogP contribution is -2.29. The van der Waals surface area contributed by atoms with Crippen LogP contribution in [0.1, 0.15) is 25.7 Å². The Morgan fingerprint density at radius 3 is 2.87 bits per heavy atom. The summed E-state index contributed by atoms with van der Waals surface area (Å²) >= 11 is 0. The molecule has 0 aromatic heterocycles. The maximum Gasteiger partial charge on any atom is 0.211 e. The zero-order valence-corrected chi connectivity index (χ0v) is 9.63. The van der Waals surface area contributed by atoms with Crippen molar-refractivity contribution in [3.05, 3.63) is 0 Å². The van der Waals surface area contributed by atoms with Crippen LogP contribution in [0.15, 0.2) is 0 Å². The SMILES string of the molecule is O=S(=O)(CCCO)NCCC1CCCO1. The normalized spacial score (nSPS) is 22.1. The van der Waals surface area contributed by atoms with Crippen molar-refractivity contribution < 1.29 is 18.3 Å². The van der Waals surface area contributed by atoms with E-state index < -0.39 is 10.0 Å². The summed E-state index contributed by atoms with van der Waals surface area (Å²) in [4.78, 5) is 0. The van der Waals surface area contributed by atoms with Gasteiger partial charge in [-0.2, -0.15) is 0 Å². The second-order valence-electron chi connectivity index (χ2n) is 3.71. The van der Waals surface area contributed by atoms with Gasteiger partial charge >= 0.3 is 0 Å². The second kappa shape index (κ2) is 6.42. The monoisotopic (exact) mass is 237 g/mol. The number of aliphatic hydroxyl groups excluding tert-OH is 1. The van der Waals surface area contributed by atoms with Gasteiger partial charge in [0.2, 0.25) is 10.0 Å². The van der Waals surface area contributed by atoms with Crippen molar-refractivity contribution in [2.75, 3.05) is 25.5 Å². The predicted molar refractivity (Wildman–Crippen MR) is 57.1 cm³/mol. The Balaban J connectivity index is 2.12. The number of hydrogen-bond donors (Lipinski definition) is 2. The van der Waals surface area contributed by atoms with E-state index in [0.29, 0.717) is 6.54 Å². The third kappa shape index (κ3) is 5.46. The van der Waals surface area contributed by atoms with Crippen LogP contribution in [0.2, 0.25) is 0 Å². The second-order valence-corrected chi connectivity index (χ2v) is 5.64. The zero-order valence-electron chi connectivity index (χ0n) is 8.81. The minimum atomic E-state index is -3.20. The number of aliphatic hydroxyl groups is 1. The molecular weight excluding hydrogens is 218 g/mol. The summed E-state index contributed by atoms with van der Waals surface area (Å²) in [6, 6.07) is 0. The number of sulfonamides is 1. The Labute approximate surface area is 90.9 Å². The maximum absolute atomic E-state index is 11.3. The molecule has 1 rings (SSSR count). The van der Waals surface area contributed by atoms with Gasteiger partial charge in [0.25, 0.3) is 0 Å². The zero-order chi connectivity index (χ0) is 11.1. The van der Waals surface area contributed by atoms with Gasteiger partial charge in [-0.1, -0.05) is 0 Å². The Hall–Kier alpha value is -0.170. The van der Waals surface area contributed by atoms with Crippen LogP contribution in [0, 0.1) is 0 Å². The highest BCUT2D eigenvalue weighted by Crippen LogP contribution is 2.14. The van der Waals surface area contributed by atoms with Gasteiger partial charge in [0.05, 0.1) is 11.9 Å². The first-order chi connectivity index (χ1) is 7.14. The van der Waals surface area contributed by atoms with Crippen molar-refractivity contribution in [1.82, 2.24) is 4.72 Å². The van der Waals surface area contributed by atoms with Crippen LogP contribution in [0.3, 0.4) is 0 Å². The van der Waals surface area contributed by atoms with E-state index in [1.165, 1.54) is 0 Å². The van der Waals surface area contributed by atoms with Gasteiger partial charge in [-0.3, -0.25) is 0 Å². The standard InChI is InChI=1S/C9H19NO4S/c11-6-2-8-15(12,13)10-5-4-9-3-1-7-14-9/h9-11H,1-8H2. The molecule has 0 bridgehead atoms. The Morgan fingerprint density at radius 1 is 1.47 bits per heavy atom. The Morgan fingerprint density at radius 2 is 2.27 bits per heavy atom. The van der Waals surface area contributed by atoms with Gasteiger partial charge in [0.1, 0.15) is 0 Å². The largest absolute Gasteiger partial charge is 0.396 e. The third-order valence-corrected chi connectivity index (χ3v) is 3.85. The predicted octanol–water partition coefficient (Wildman–Crippen LogP) is -0.143. The lowest BCUT2D eigenvalue weighted by molar-refractivity contribution is 0.105. The molecular formula is C9H19NO4S. The highest BCUT2D eigenvalue weighted by Gasteiger charge is 2.16. The smallest absolute Gasteiger partial charge is 0.211 e. The van der Waals surface area contributed by atoms with Gasteiger partial charge in [-0.25, -0.2) is 13.1 Å². The van der Waals surface area contributed by atoms with Crippen LogP contribution < -0.4 is 4.72 Å². The Bertz CT molecular complexity index is 259. The van der Waals surface area contributed by atoms with Crippen LogP contribution >= 0.6 is 0 Å². The topological polar surface area (TPSA) is 75.6 Å². The summed E-state index contributed by atoms with van der Waals surface area (Å²) in [7, 11) is -3.20. The average molecular weight is 237 g/mol. The molecule has 6 heteroatoms. The van der Waals surface area contributed by atoms with E-state index in [9.17, 15) is 8.42 Å². The fourth-order valence-electron chi connectivity index (χ4n) is 1.57. The summed E-state index contributed by atoms with van der Waals surface area (Å²) in [6.45, 7) is 1.13. The molecule has 1 fully saturated rings. The third-order valence-electron chi connectivity index (χ3n) is 2.38. The molecule has 1 unspecified atom stereocenters. The quantitative estimate of drug-likeness (QED) is 0.646. The highest BCUT2D eigenvalue weighted by molar-refractivity contribution is 7.89. The first kappa shape index (κ1) is 12.9. The van der Waals surface area contributed by atoms with E-state index in [2.05, 4.69) is 4.72 Å². The minimum Gasteiger partial charge on any atom is -0.396 e.